The molecular weight excluding hydrogens is 506 g/mol. The predicted molar refractivity (Wildman–Crippen MR) is 138 cm³/mol. The fourth-order valence-electron chi connectivity index (χ4n) is 3.19. The number of aliphatic hydroxyl groups is 1. The number of thioether (sulfide) groups is 1. The molecule has 12 N–H and O–H groups in total. The van der Waals surface area contributed by atoms with E-state index < -0.39 is 54.0 Å². The van der Waals surface area contributed by atoms with Crippen LogP contribution in [0, 0.1) is 0 Å². The molecule has 5 unspecified atom stereocenters. The molecule has 0 aromatic carbocycles. The van der Waals surface area contributed by atoms with Gasteiger partial charge in [0.15, 0.2) is 5.96 Å². The molecule has 5 atom stereocenters. The smallest absolute Gasteiger partial charge is 0.326 e. The number of amides is 3. The van der Waals surface area contributed by atoms with Gasteiger partial charge in [-0.15, -0.1) is 0 Å². The van der Waals surface area contributed by atoms with Gasteiger partial charge in [-0.3, -0.25) is 19.4 Å². The van der Waals surface area contributed by atoms with E-state index in [0.29, 0.717) is 11.4 Å². The molecule has 1 aromatic heterocycles. The molecule has 1 heterocycles. The first kappa shape index (κ1) is 31.7. The number of rotatable bonds is 17. The van der Waals surface area contributed by atoms with Gasteiger partial charge < -0.3 is 48.3 Å². The van der Waals surface area contributed by atoms with Crippen molar-refractivity contribution in [2.45, 2.75) is 62.9 Å². The number of nitrogens with two attached hydrogens (primary N) is 3. The number of aromatic nitrogens is 2. The third-order valence-corrected chi connectivity index (χ3v) is 5.84. The van der Waals surface area contributed by atoms with Crippen LogP contribution in [-0.4, -0.2) is 98.7 Å². The van der Waals surface area contributed by atoms with Gasteiger partial charge in [0.2, 0.25) is 17.7 Å². The molecule has 37 heavy (non-hydrogen) atoms. The van der Waals surface area contributed by atoms with Crippen molar-refractivity contribution in [3.05, 3.63) is 18.2 Å². The Morgan fingerprint density at radius 3 is 2.32 bits per heavy atom. The summed E-state index contributed by atoms with van der Waals surface area (Å²) in [5.74, 6) is -3.14. The lowest BCUT2D eigenvalue weighted by molar-refractivity contribution is -0.143. The Morgan fingerprint density at radius 2 is 1.78 bits per heavy atom. The lowest BCUT2D eigenvalue weighted by Gasteiger charge is -2.26. The summed E-state index contributed by atoms with van der Waals surface area (Å²) in [6.45, 7) is 1.44. The molecule has 0 spiro atoms. The Hall–Kier alpha value is -3.37. The molecule has 1 aromatic rings. The Labute approximate surface area is 218 Å². The number of carboxylic acids is 1. The van der Waals surface area contributed by atoms with Crippen molar-refractivity contribution in [1.82, 2.24) is 25.9 Å². The van der Waals surface area contributed by atoms with Crippen LogP contribution in [0.2, 0.25) is 0 Å². The summed E-state index contributed by atoms with van der Waals surface area (Å²) in [5.41, 5.74) is 17.1. The van der Waals surface area contributed by atoms with Gasteiger partial charge in [0.1, 0.15) is 18.1 Å². The van der Waals surface area contributed by atoms with Crippen LogP contribution >= 0.6 is 11.8 Å². The zero-order valence-electron chi connectivity index (χ0n) is 20.8. The Bertz CT molecular complexity index is 908. The third kappa shape index (κ3) is 11.9. The summed E-state index contributed by atoms with van der Waals surface area (Å²) in [7, 11) is 0. The zero-order valence-corrected chi connectivity index (χ0v) is 21.7. The second kappa shape index (κ2) is 16.4. The number of carbonyl (C=O) groups excluding carboxylic acids is 3. The number of hydrogen-bond donors (Lipinski definition) is 9. The van der Waals surface area contributed by atoms with Crippen molar-refractivity contribution >= 4 is 41.4 Å². The number of aromatic amines is 1. The maximum absolute atomic E-state index is 13.0. The van der Waals surface area contributed by atoms with Crippen LogP contribution < -0.4 is 33.2 Å². The number of aliphatic hydroxyl groups excluding tert-OH is 1. The van der Waals surface area contributed by atoms with Crippen LogP contribution in [0.15, 0.2) is 17.5 Å². The lowest BCUT2D eigenvalue weighted by Crippen LogP contribution is -2.60. The SMILES string of the molecule is CSCCC(NC(=O)C(N)Cc1cnc[nH]1)C(=O)NC(C(=O)NC(CCCN=C(N)N)C(=O)O)C(C)O. The van der Waals surface area contributed by atoms with Crippen LogP contribution in [0.5, 0.6) is 0 Å². The van der Waals surface area contributed by atoms with Crippen molar-refractivity contribution in [2.24, 2.45) is 22.2 Å². The monoisotopic (exact) mass is 543 g/mol. The molecular formula is C21H37N9O6S. The molecule has 3 amide bonds. The van der Waals surface area contributed by atoms with Gasteiger partial charge >= 0.3 is 5.97 Å². The average molecular weight is 544 g/mol. The Kier molecular flexibility index (Phi) is 14.0. The first-order valence-electron chi connectivity index (χ1n) is 11.5. The largest absolute Gasteiger partial charge is 0.480 e. The highest BCUT2D eigenvalue weighted by molar-refractivity contribution is 7.98. The summed E-state index contributed by atoms with van der Waals surface area (Å²) >= 11 is 1.45. The molecule has 208 valence electrons. The topological polar surface area (TPSA) is 264 Å². The van der Waals surface area contributed by atoms with E-state index in [1.807, 2.05) is 6.26 Å². The van der Waals surface area contributed by atoms with E-state index in [9.17, 15) is 29.4 Å². The maximum Gasteiger partial charge on any atom is 0.326 e. The van der Waals surface area contributed by atoms with Crippen LogP contribution in [0.25, 0.3) is 0 Å². The third-order valence-electron chi connectivity index (χ3n) is 5.20. The number of carbonyl (C=O) groups is 4. The molecule has 0 aliphatic carbocycles. The van der Waals surface area contributed by atoms with Gasteiger partial charge in [-0.25, -0.2) is 9.78 Å². The van der Waals surface area contributed by atoms with Gasteiger partial charge in [0, 0.05) is 24.9 Å². The van der Waals surface area contributed by atoms with E-state index in [4.69, 9.17) is 17.2 Å². The summed E-state index contributed by atoms with van der Waals surface area (Å²) < 4.78 is 0. The molecule has 0 saturated heterocycles. The molecule has 16 heteroatoms. The number of guanidine groups is 1. The van der Waals surface area contributed by atoms with Crippen molar-refractivity contribution in [3.63, 3.8) is 0 Å². The summed E-state index contributed by atoms with van der Waals surface area (Å²) in [6.07, 6.45) is 4.12. The molecule has 0 saturated carbocycles. The molecule has 0 aliphatic heterocycles. The summed E-state index contributed by atoms with van der Waals surface area (Å²) in [4.78, 5) is 60.4. The van der Waals surface area contributed by atoms with Gasteiger partial charge in [-0.05, 0) is 38.2 Å². The first-order valence-corrected chi connectivity index (χ1v) is 12.9. The van der Waals surface area contributed by atoms with E-state index in [0.717, 1.165) is 0 Å². The number of aliphatic imine (C=N–C) groups is 1. The van der Waals surface area contributed by atoms with Crippen molar-refractivity contribution < 1.29 is 29.4 Å². The lowest BCUT2D eigenvalue weighted by atomic mass is 10.1. The first-order chi connectivity index (χ1) is 17.5. The second-order valence-corrected chi connectivity index (χ2v) is 9.29. The Balaban J connectivity index is 2.85. The number of aliphatic carboxylic acids is 1. The van der Waals surface area contributed by atoms with E-state index in [-0.39, 0.29) is 38.2 Å². The number of H-pyrrole nitrogens is 1. The average Bonchev–Trinajstić information content (AvgIpc) is 3.33. The van der Waals surface area contributed by atoms with Crippen molar-refractivity contribution in [3.8, 4) is 0 Å². The van der Waals surface area contributed by atoms with Crippen LogP contribution in [0.3, 0.4) is 0 Å². The number of carboxylic acid groups (broad SMARTS) is 1. The number of imidazole rings is 1. The number of nitrogens with zero attached hydrogens (tertiary/aromatic N) is 2. The van der Waals surface area contributed by atoms with Crippen LogP contribution in [0.4, 0.5) is 0 Å². The Morgan fingerprint density at radius 1 is 1.11 bits per heavy atom. The summed E-state index contributed by atoms with van der Waals surface area (Å²) in [5, 5.41) is 26.9. The van der Waals surface area contributed by atoms with E-state index in [1.54, 1.807) is 0 Å². The quantitative estimate of drug-likeness (QED) is 0.0543. The molecule has 0 radical (unpaired) electrons. The standard InChI is InChI=1S/C21H37N9O6S/c1-11(31)16(19(34)29-15(20(35)36)4-3-6-26-21(23)24)30-18(33)14(5-7-37-2)28-17(32)13(22)8-12-9-25-10-27-12/h9-11,13-16,31H,3-8,22H2,1-2H3,(H,25,27)(H,28,32)(H,29,34)(H,30,33)(H,35,36)(H4,23,24,26). The van der Waals surface area contributed by atoms with Crippen molar-refractivity contribution in [2.75, 3.05) is 18.6 Å². The zero-order chi connectivity index (χ0) is 28.0. The van der Waals surface area contributed by atoms with Crippen molar-refractivity contribution in [1.29, 1.82) is 0 Å². The highest BCUT2D eigenvalue weighted by Crippen LogP contribution is 2.06. The van der Waals surface area contributed by atoms with E-state index in [2.05, 4.69) is 30.9 Å². The summed E-state index contributed by atoms with van der Waals surface area (Å²) in [6, 6.07) is -4.78. The number of hydrogen-bond acceptors (Lipinski definition) is 9. The van der Waals surface area contributed by atoms with Gasteiger partial charge in [-0.1, -0.05) is 0 Å². The van der Waals surface area contributed by atoms with Crippen LogP contribution in [0.1, 0.15) is 31.9 Å². The van der Waals surface area contributed by atoms with Gasteiger partial charge in [0.25, 0.3) is 0 Å². The molecule has 0 fully saturated rings. The van der Waals surface area contributed by atoms with Gasteiger partial charge in [0.05, 0.1) is 18.5 Å². The minimum absolute atomic E-state index is 0.0129. The van der Waals surface area contributed by atoms with E-state index >= 15 is 0 Å². The predicted octanol–water partition coefficient (Wildman–Crippen LogP) is -2.99. The maximum atomic E-state index is 13.0. The highest BCUT2D eigenvalue weighted by Gasteiger charge is 2.32. The van der Waals surface area contributed by atoms with E-state index in [1.165, 1.54) is 31.2 Å². The number of nitrogens with one attached hydrogen (secondary N) is 4. The fourth-order valence-corrected chi connectivity index (χ4v) is 3.66. The highest BCUT2D eigenvalue weighted by atomic mass is 32.2. The van der Waals surface area contributed by atoms with Gasteiger partial charge in [-0.2, -0.15) is 11.8 Å². The second-order valence-electron chi connectivity index (χ2n) is 8.31. The minimum Gasteiger partial charge on any atom is -0.480 e. The van der Waals surface area contributed by atoms with Crippen LogP contribution in [-0.2, 0) is 25.6 Å². The molecule has 1 rings (SSSR count). The fraction of sp³-hybridized carbons (Fsp3) is 0.619. The molecule has 0 bridgehead atoms. The minimum atomic E-state index is -1.47. The molecule has 15 nitrogen and oxygen atoms in total. The molecule has 0 aliphatic rings. The normalized spacial score (nSPS) is 14.9.